The molecule has 1 N–H and O–H groups in total. The zero-order valence-corrected chi connectivity index (χ0v) is 26.4. The number of aromatic nitrogens is 1. The number of hydrogen-bond donors (Lipinski definition) is 1. The topological polar surface area (TPSA) is 115 Å². The van der Waals surface area contributed by atoms with E-state index in [1.807, 2.05) is 0 Å². The van der Waals surface area contributed by atoms with Crippen molar-refractivity contribution in [1.29, 1.82) is 0 Å². The van der Waals surface area contributed by atoms with Crippen molar-refractivity contribution in [2.45, 2.75) is 29.7 Å². The van der Waals surface area contributed by atoms with E-state index in [9.17, 15) is 28.4 Å². The molecule has 45 heavy (non-hydrogen) atoms. The molecule has 0 spiro atoms. The third-order valence-electron chi connectivity index (χ3n) is 7.43. The molecular weight excluding hydrogens is 664 g/mol. The van der Waals surface area contributed by atoms with E-state index in [0.29, 0.717) is 26.7 Å². The molecule has 3 heterocycles. The minimum absolute atomic E-state index is 0.178. The second-order valence-electron chi connectivity index (χ2n) is 10.1. The van der Waals surface area contributed by atoms with Crippen molar-refractivity contribution in [1.82, 2.24) is 4.57 Å². The van der Waals surface area contributed by atoms with Gasteiger partial charge in [-0.2, -0.15) is 0 Å². The molecule has 3 atom stereocenters. The van der Waals surface area contributed by atoms with Gasteiger partial charge in [0.25, 0.3) is 0 Å². The average molecular weight is 687 g/mol. The highest BCUT2D eigenvalue weighted by molar-refractivity contribution is 8.00. The van der Waals surface area contributed by atoms with Crippen LogP contribution >= 0.6 is 46.3 Å². The van der Waals surface area contributed by atoms with E-state index in [1.54, 1.807) is 37.3 Å². The van der Waals surface area contributed by atoms with Crippen molar-refractivity contribution in [3.05, 3.63) is 108 Å². The van der Waals surface area contributed by atoms with Crippen LogP contribution in [0.25, 0.3) is 0 Å². The maximum Gasteiger partial charge on any atom is 0.338 e. The Morgan fingerprint density at radius 2 is 1.69 bits per heavy atom. The van der Waals surface area contributed by atoms with Gasteiger partial charge in [0.1, 0.15) is 17.6 Å². The lowest BCUT2D eigenvalue weighted by atomic mass is 9.83. The number of thioether (sulfide) groups is 1. The average Bonchev–Trinajstić information content (AvgIpc) is 3.46. The summed E-state index contributed by atoms with van der Waals surface area (Å²) in [5.41, 5.74) is 1.39. The highest BCUT2D eigenvalue weighted by Gasteiger charge is 2.57. The second kappa shape index (κ2) is 12.4. The van der Waals surface area contributed by atoms with Crippen LogP contribution in [0.1, 0.15) is 33.6 Å². The maximum atomic E-state index is 13.9. The van der Waals surface area contributed by atoms with E-state index >= 15 is 0 Å². The van der Waals surface area contributed by atoms with E-state index in [-0.39, 0.29) is 28.9 Å². The van der Waals surface area contributed by atoms with Crippen LogP contribution in [0, 0.1) is 11.7 Å². The quantitative estimate of drug-likeness (QED) is 0.188. The van der Waals surface area contributed by atoms with Crippen LogP contribution in [0.4, 0.5) is 15.8 Å². The Kier molecular flexibility index (Phi) is 8.57. The summed E-state index contributed by atoms with van der Waals surface area (Å²) in [4.78, 5) is 67.2. The van der Waals surface area contributed by atoms with Gasteiger partial charge in [-0.1, -0.05) is 58.4 Å². The monoisotopic (exact) mass is 685 g/mol. The Balaban J connectivity index is 1.36. The predicted octanol–water partition coefficient (Wildman–Crippen LogP) is 5.97. The molecule has 0 bridgehead atoms. The number of esters is 1. The molecule has 1 fully saturated rings. The van der Waals surface area contributed by atoms with Gasteiger partial charge in [0, 0.05) is 16.5 Å². The molecule has 1 aromatic heterocycles. The van der Waals surface area contributed by atoms with Crippen molar-refractivity contribution < 1.29 is 28.3 Å². The van der Waals surface area contributed by atoms with Gasteiger partial charge in [0.05, 0.1) is 38.8 Å². The highest BCUT2D eigenvalue weighted by atomic mass is 35.5. The molecule has 2 aliphatic rings. The number of amides is 3. The number of anilines is 2. The lowest BCUT2D eigenvalue weighted by Gasteiger charge is -2.31. The Hall–Kier alpha value is -3.97. The molecule has 0 radical (unpaired) electrons. The number of halogens is 3. The summed E-state index contributed by atoms with van der Waals surface area (Å²) in [6.07, 6.45) is 0. The number of thiazole rings is 1. The number of fused-ring (bicyclic) bond motifs is 2. The SMILES string of the molecule is CCOC(=O)c1ccc(NC(=O)Cn2c3c(sc2=O)C(c2cccc(Cl)c2Cl)C2C(=O)N(c4ccc(F)cc4)C(=O)C2S3)cc1. The first kappa shape index (κ1) is 31.0. The molecule has 1 saturated heterocycles. The summed E-state index contributed by atoms with van der Waals surface area (Å²) in [6.45, 7) is 1.55. The fourth-order valence-corrected chi connectivity index (χ4v) is 8.63. The third kappa shape index (κ3) is 5.67. The van der Waals surface area contributed by atoms with E-state index in [0.717, 1.165) is 40.1 Å². The van der Waals surface area contributed by atoms with Crippen LogP contribution < -0.4 is 15.1 Å². The van der Waals surface area contributed by atoms with Gasteiger partial charge in [-0.05, 0) is 67.1 Å². The summed E-state index contributed by atoms with van der Waals surface area (Å²) >= 11 is 14.9. The van der Waals surface area contributed by atoms with Gasteiger partial charge in [0.2, 0.25) is 17.7 Å². The summed E-state index contributed by atoms with van der Waals surface area (Å²) in [5, 5.41) is 2.52. The van der Waals surface area contributed by atoms with Crippen LogP contribution in [0.2, 0.25) is 10.0 Å². The fraction of sp³-hybridized carbons (Fsp3) is 0.194. The predicted molar refractivity (Wildman–Crippen MR) is 170 cm³/mol. The smallest absolute Gasteiger partial charge is 0.338 e. The molecule has 14 heteroatoms. The van der Waals surface area contributed by atoms with Crippen LogP contribution in [0.5, 0.6) is 0 Å². The maximum absolute atomic E-state index is 13.9. The zero-order chi connectivity index (χ0) is 32.0. The van der Waals surface area contributed by atoms with Gasteiger partial charge in [0.15, 0.2) is 0 Å². The lowest BCUT2D eigenvalue weighted by Crippen LogP contribution is -2.33. The first-order chi connectivity index (χ1) is 21.6. The van der Waals surface area contributed by atoms with E-state index in [2.05, 4.69) is 5.32 Å². The van der Waals surface area contributed by atoms with Crippen LogP contribution in [0.3, 0.4) is 0 Å². The minimum Gasteiger partial charge on any atom is -0.462 e. The summed E-state index contributed by atoms with van der Waals surface area (Å²) in [6, 6.07) is 16.1. The third-order valence-corrected chi connectivity index (χ3v) is 10.9. The van der Waals surface area contributed by atoms with Crippen LogP contribution in [0.15, 0.2) is 76.6 Å². The van der Waals surface area contributed by atoms with Crippen molar-refractivity contribution >= 4 is 81.4 Å². The Labute approximate surface area is 273 Å². The van der Waals surface area contributed by atoms with Crippen molar-refractivity contribution in [2.24, 2.45) is 5.92 Å². The van der Waals surface area contributed by atoms with Gasteiger partial charge in [-0.3, -0.25) is 23.7 Å². The zero-order valence-electron chi connectivity index (χ0n) is 23.3. The standard InChI is InChI=1S/C31H22Cl2FN3O6S2/c1-2-43-30(41)15-6-10-17(11-7-15)35-21(38)14-36-29-26(45-31(36)42)22(19-4-3-5-20(32)24(19)33)23-25(44-29)28(40)37(27(23)39)18-12-8-16(34)9-13-18/h3-13,22-23,25H,2,14H2,1H3,(H,35,38). The van der Waals surface area contributed by atoms with Crippen molar-refractivity contribution in [3.63, 3.8) is 0 Å². The fourth-order valence-electron chi connectivity index (χ4n) is 5.44. The normalized spacial score (nSPS) is 18.8. The number of ether oxygens (including phenoxy) is 1. The number of carbonyl (C=O) groups excluding carboxylic acids is 4. The number of hydrogen-bond acceptors (Lipinski definition) is 8. The van der Waals surface area contributed by atoms with Gasteiger partial charge >= 0.3 is 10.8 Å². The molecular formula is C31H22Cl2FN3O6S2. The van der Waals surface area contributed by atoms with Crippen molar-refractivity contribution in [2.75, 3.05) is 16.8 Å². The van der Waals surface area contributed by atoms with Gasteiger partial charge < -0.3 is 10.1 Å². The minimum atomic E-state index is -0.964. The molecule has 3 amide bonds. The van der Waals surface area contributed by atoms with E-state index in [1.165, 1.54) is 28.8 Å². The number of imide groups is 1. The van der Waals surface area contributed by atoms with Crippen LogP contribution in [-0.4, -0.2) is 40.1 Å². The number of benzene rings is 3. The molecule has 3 aromatic carbocycles. The Morgan fingerprint density at radius 3 is 2.38 bits per heavy atom. The lowest BCUT2D eigenvalue weighted by molar-refractivity contribution is -0.122. The Bertz CT molecular complexity index is 1910. The first-order valence-electron chi connectivity index (χ1n) is 13.6. The van der Waals surface area contributed by atoms with E-state index < -0.39 is 51.5 Å². The largest absolute Gasteiger partial charge is 0.462 e. The summed E-state index contributed by atoms with van der Waals surface area (Å²) < 4.78 is 19.9. The number of nitrogens with one attached hydrogen (secondary N) is 1. The van der Waals surface area contributed by atoms with Gasteiger partial charge in [-0.15, -0.1) is 0 Å². The molecule has 6 rings (SSSR count). The molecule has 0 aliphatic carbocycles. The molecule has 4 aromatic rings. The molecule has 230 valence electrons. The van der Waals surface area contributed by atoms with E-state index in [4.69, 9.17) is 27.9 Å². The number of nitrogens with zero attached hydrogens (tertiary/aromatic N) is 2. The van der Waals surface area contributed by atoms with Crippen LogP contribution in [-0.2, 0) is 25.7 Å². The molecule has 3 unspecified atom stereocenters. The summed E-state index contributed by atoms with van der Waals surface area (Å²) in [5.74, 6) is -4.37. The summed E-state index contributed by atoms with van der Waals surface area (Å²) in [7, 11) is 0. The highest BCUT2D eigenvalue weighted by Crippen LogP contribution is 2.55. The molecule has 0 saturated carbocycles. The van der Waals surface area contributed by atoms with Crippen molar-refractivity contribution in [3.8, 4) is 0 Å². The molecule has 2 aliphatic heterocycles. The van der Waals surface area contributed by atoms with Gasteiger partial charge in [-0.25, -0.2) is 14.1 Å². The second-order valence-corrected chi connectivity index (χ2v) is 13.1. The Morgan fingerprint density at radius 1 is 0.978 bits per heavy atom. The number of carbonyl (C=O) groups is 4. The first-order valence-corrected chi connectivity index (χ1v) is 16.1. The number of rotatable bonds is 7. The molecule has 9 nitrogen and oxygen atoms in total.